The number of nitrogens with one attached hydrogen (secondary N) is 1. The summed E-state index contributed by atoms with van der Waals surface area (Å²) in [6.07, 6.45) is 0. The third kappa shape index (κ3) is 3.15. The molecule has 2 rings (SSSR count). The minimum Gasteiger partial charge on any atom is -0.465 e. The lowest BCUT2D eigenvalue weighted by Gasteiger charge is -2.10. The second-order valence-corrected chi connectivity index (χ2v) is 4.45. The maximum atomic E-state index is 13.4. The van der Waals surface area contributed by atoms with Crippen LogP contribution in [0.1, 0.15) is 21.5 Å². The van der Waals surface area contributed by atoms with Crippen LogP contribution in [0.3, 0.4) is 0 Å². The highest BCUT2D eigenvalue weighted by atomic mass is 19.1. The smallest absolute Gasteiger partial charge is 0.337 e. The number of esters is 1. The normalized spacial score (nSPS) is 10.2. The first kappa shape index (κ1) is 14.1. The molecule has 0 atom stereocenters. The lowest BCUT2D eigenvalue weighted by atomic mass is 10.1. The van der Waals surface area contributed by atoms with Crippen LogP contribution in [-0.4, -0.2) is 13.1 Å². The van der Waals surface area contributed by atoms with Crippen molar-refractivity contribution in [1.82, 2.24) is 0 Å². The van der Waals surface area contributed by atoms with E-state index < -0.39 is 0 Å². The molecule has 0 amide bonds. The van der Waals surface area contributed by atoms with Gasteiger partial charge in [0.2, 0.25) is 0 Å². The van der Waals surface area contributed by atoms with E-state index in [0.717, 1.165) is 11.3 Å². The molecule has 0 unspecified atom stereocenters. The number of carbonyl (C=O) groups is 1. The largest absolute Gasteiger partial charge is 0.465 e. The maximum Gasteiger partial charge on any atom is 0.337 e. The number of halogens is 1. The molecular weight excluding hydrogens is 257 g/mol. The SMILES string of the molecule is COC(=O)c1ccc(CNc2cccc(F)c2C)cc1. The fourth-order valence-electron chi connectivity index (χ4n) is 1.87. The zero-order valence-corrected chi connectivity index (χ0v) is 11.4. The average molecular weight is 273 g/mol. The van der Waals surface area contributed by atoms with Crippen LogP contribution in [0.25, 0.3) is 0 Å². The van der Waals surface area contributed by atoms with Gasteiger partial charge in [-0.2, -0.15) is 0 Å². The van der Waals surface area contributed by atoms with Crippen LogP contribution in [0, 0.1) is 12.7 Å². The fourth-order valence-corrected chi connectivity index (χ4v) is 1.87. The van der Waals surface area contributed by atoms with Crippen molar-refractivity contribution in [2.24, 2.45) is 0 Å². The first-order valence-corrected chi connectivity index (χ1v) is 6.28. The van der Waals surface area contributed by atoms with Crippen molar-refractivity contribution in [3.8, 4) is 0 Å². The third-order valence-corrected chi connectivity index (χ3v) is 3.13. The van der Waals surface area contributed by atoms with Crippen molar-refractivity contribution in [2.45, 2.75) is 13.5 Å². The number of benzene rings is 2. The molecule has 20 heavy (non-hydrogen) atoms. The Morgan fingerprint density at radius 3 is 2.55 bits per heavy atom. The van der Waals surface area contributed by atoms with E-state index in [9.17, 15) is 9.18 Å². The van der Waals surface area contributed by atoms with E-state index in [0.29, 0.717) is 17.7 Å². The van der Waals surface area contributed by atoms with Crippen LogP contribution in [0.5, 0.6) is 0 Å². The van der Waals surface area contributed by atoms with E-state index in [1.807, 2.05) is 18.2 Å². The van der Waals surface area contributed by atoms with Crippen molar-refractivity contribution in [2.75, 3.05) is 12.4 Å². The standard InChI is InChI=1S/C16H16FNO2/c1-11-14(17)4-3-5-15(11)18-10-12-6-8-13(9-7-12)16(19)20-2/h3-9,18H,10H2,1-2H3. The van der Waals surface area contributed by atoms with Crippen LogP contribution in [0.4, 0.5) is 10.1 Å². The second kappa shape index (κ2) is 6.19. The van der Waals surface area contributed by atoms with Crippen molar-refractivity contribution < 1.29 is 13.9 Å². The number of rotatable bonds is 4. The van der Waals surface area contributed by atoms with Crippen molar-refractivity contribution >= 4 is 11.7 Å². The summed E-state index contributed by atoms with van der Waals surface area (Å²) in [5.41, 5.74) is 2.88. The van der Waals surface area contributed by atoms with Gasteiger partial charge >= 0.3 is 5.97 Å². The van der Waals surface area contributed by atoms with Crippen LogP contribution < -0.4 is 5.32 Å². The van der Waals surface area contributed by atoms with Gasteiger partial charge in [0.05, 0.1) is 12.7 Å². The van der Waals surface area contributed by atoms with Crippen molar-refractivity contribution in [3.63, 3.8) is 0 Å². The Bertz CT molecular complexity index is 608. The van der Waals surface area contributed by atoms with Gasteiger partial charge in [0, 0.05) is 17.8 Å². The molecule has 3 nitrogen and oxygen atoms in total. The number of anilines is 1. The van der Waals surface area contributed by atoms with Gasteiger partial charge in [-0.15, -0.1) is 0 Å². The summed E-state index contributed by atoms with van der Waals surface area (Å²) in [5.74, 6) is -0.582. The van der Waals surface area contributed by atoms with E-state index in [4.69, 9.17) is 0 Å². The molecule has 0 radical (unpaired) electrons. The number of ether oxygens (including phenoxy) is 1. The fraction of sp³-hybridized carbons (Fsp3) is 0.188. The molecule has 4 heteroatoms. The van der Waals surface area contributed by atoms with E-state index >= 15 is 0 Å². The summed E-state index contributed by atoms with van der Waals surface area (Å²) in [6, 6.07) is 12.0. The van der Waals surface area contributed by atoms with Gasteiger partial charge in [-0.3, -0.25) is 0 Å². The second-order valence-electron chi connectivity index (χ2n) is 4.45. The topological polar surface area (TPSA) is 38.3 Å². The molecule has 0 heterocycles. The van der Waals surface area contributed by atoms with Crippen molar-refractivity contribution in [3.05, 3.63) is 65.0 Å². The number of methoxy groups -OCH3 is 1. The minimum absolute atomic E-state index is 0.226. The van der Waals surface area contributed by atoms with Gasteiger partial charge in [-0.25, -0.2) is 9.18 Å². The Hall–Kier alpha value is -2.36. The zero-order valence-electron chi connectivity index (χ0n) is 11.4. The summed E-state index contributed by atoms with van der Waals surface area (Å²) < 4.78 is 18.0. The molecule has 0 aromatic heterocycles. The molecular formula is C16H16FNO2. The Kier molecular flexibility index (Phi) is 4.35. The summed E-state index contributed by atoms with van der Waals surface area (Å²) in [7, 11) is 1.35. The van der Waals surface area contributed by atoms with E-state index in [2.05, 4.69) is 10.1 Å². The molecule has 1 N–H and O–H groups in total. The lowest BCUT2D eigenvalue weighted by molar-refractivity contribution is 0.0600. The Balaban J connectivity index is 2.04. The van der Waals surface area contributed by atoms with Gasteiger partial charge in [-0.05, 0) is 36.8 Å². The summed E-state index contributed by atoms with van der Waals surface area (Å²) in [4.78, 5) is 11.3. The van der Waals surface area contributed by atoms with E-state index in [1.54, 1.807) is 25.1 Å². The highest BCUT2D eigenvalue weighted by Gasteiger charge is 2.05. The molecule has 0 saturated heterocycles. The van der Waals surface area contributed by atoms with Crippen LogP contribution in [0.15, 0.2) is 42.5 Å². The number of hydrogen-bond donors (Lipinski definition) is 1. The van der Waals surface area contributed by atoms with Crippen LogP contribution in [0.2, 0.25) is 0 Å². The molecule has 2 aromatic carbocycles. The molecule has 0 bridgehead atoms. The molecule has 104 valence electrons. The highest BCUT2D eigenvalue weighted by molar-refractivity contribution is 5.89. The predicted molar refractivity (Wildman–Crippen MR) is 76.2 cm³/mol. The first-order chi connectivity index (χ1) is 9.61. The van der Waals surface area contributed by atoms with Gasteiger partial charge in [0.15, 0.2) is 0 Å². The van der Waals surface area contributed by atoms with E-state index in [-0.39, 0.29) is 11.8 Å². The highest BCUT2D eigenvalue weighted by Crippen LogP contribution is 2.18. The first-order valence-electron chi connectivity index (χ1n) is 6.28. The molecule has 0 aliphatic rings. The Labute approximate surface area is 117 Å². The summed E-state index contributed by atoms with van der Waals surface area (Å²) >= 11 is 0. The summed E-state index contributed by atoms with van der Waals surface area (Å²) in [6.45, 7) is 2.30. The minimum atomic E-state index is -0.356. The van der Waals surface area contributed by atoms with Gasteiger partial charge in [-0.1, -0.05) is 18.2 Å². The van der Waals surface area contributed by atoms with Crippen LogP contribution in [-0.2, 0) is 11.3 Å². The molecule has 0 aliphatic heterocycles. The molecule has 0 spiro atoms. The maximum absolute atomic E-state index is 13.4. The molecule has 0 aliphatic carbocycles. The Morgan fingerprint density at radius 2 is 1.90 bits per heavy atom. The van der Waals surface area contributed by atoms with E-state index in [1.165, 1.54) is 13.2 Å². The summed E-state index contributed by atoms with van der Waals surface area (Å²) in [5, 5.41) is 3.18. The molecule has 0 fully saturated rings. The predicted octanol–water partition coefficient (Wildman–Crippen LogP) is 3.53. The molecule has 2 aromatic rings. The quantitative estimate of drug-likeness (QED) is 0.866. The van der Waals surface area contributed by atoms with Crippen molar-refractivity contribution in [1.29, 1.82) is 0 Å². The van der Waals surface area contributed by atoms with Gasteiger partial charge < -0.3 is 10.1 Å². The lowest BCUT2D eigenvalue weighted by Crippen LogP contribution is -2.04. The van der Waals surface area contributed by atoms with Crippen LogP contribution >= 0.6 is 0 Å². The third-order valence-electron chi connectivity index (χ3n) is 3.13. The molecule has 0 saturated carbocycles. The monoisotopic (exact) mass is 273 g/mol. The Morgan fingerprint density at radius 1 is 1.20 bits per heavy atom. The number of carbonyl (C=O) groups excluding carboxylic acids is 1. The van der Waals surface area contributed by atoms with Gasteiger partial charge in [0.25, 0.3) is 0 Å². The zero-order chi connectivity index (χ0) is 14.5. The van der Waals surface area contributed by atoms with Gasteiger partial charge in [0.1, 0.15) is 5.82 Å². The average Bonchev–Trinajstić information content (AvgIpc) is 2.48. The number of hydrogen-bond acceptors (Lipinski definition) is 3.